The molecule has 1 rings (SSSR count). The van der Waals surface area contributed by atoms with Gasteiger partial charge in [-0.2, -0.15) is 0 Å². The number of aliphatic hydroxyl groups is 2. The summed E-state index contributed by atoms with van der Waals surface area (Å²) in [6.07, 6.45) is -0.792. The molecule has 14 heavy (non-hydrogen) atoms. The van der Waals surface area contributed by atoms with Gasteiger partial charge in [-0.05, 0) is 30.7 Å². The topological polar surface area (TPSA) is 52.5 Å². The molecule has 0 aliphatic rings. The summed E-state index contributed by atoms with van der Waals surface area (Å²) in [5.74, 6) is -0.282. The fraction of sp³-hybridized carbons (Fsp3) is 0.400. The van der Waals surface area contributed by atoms with Gasteiger partial charge in [0.2, 0.25) is 0 Å². The zero-order valence-corrected chi connectivity index (χ0v) is 8.00. The predicted molar refractivity (Wildman–Crippen MR) is 52.7 cm³/mol. The van der Waals surface area contributed by atoms with E-state index in [2.05, 4.69) is 5.32 Å². The van der Waals surface area contributed by atoms with E-state index >= 15 is 0 Å². The molecule has 1 aromatic carbocycles. The van der Waals surface area contributed by atoms with Gasteiger partial charge < -0.3 is 15.5 Å². The van der Waals surface area contributed by atoms with Crippen molar-refractivity contribution in [2.75, 3.05) is 18.5 Å². The van der Waals surface area contributed by atoms with Gasteiger partial charge in [0.1, 0.15) is 5.82 Å². The normalized spacial score (nSPS) is 12.6. The highest BCUT2D eigenvalue weighted by atomic mass is 19.1. The van der Waals surface area contributed by atoms with E-state index in [1.54, 1.807) is 13.0 Å². The largest absolute Gasteiger partial charge is 0.394 e. The fourth-order valence-electron chi connectivity index (χ4n) is 1.12. The molecule has 0 aliphatic heterocycles. The molecule has 0 saturated heterocycles. The van der Waals surface area contributed by atoms with E-state index < -0.39 is 6.10 Å². The maximum Gasteiger partial charge on any atom is 0.123 e. The van der Waals surface area contributed by atoms with Gasteiger partial charge in [0.15, 0.2) is 0 Å². The van der Waals surface area contributed by atoms with E-state index in [0.717, 1.165) is 11.3 Å². The molecule has 1 aromatic rings. The summed E-state index contributed by atoms with van der Waals surface area (Å²) in [5, 5.41) is 20.6. The van der Waals surface area contributed by atoms with Gasteiger partial charge >= 0.3 is 0 Å². The molecule has 3 N–H and O–H groups in total. The number of rotatable bonds is 4. The average molecular weight is 199 g/mol. The van der Waals surface area contributed by atoms with E-state index in [1.807, 2.05) is 0 Å². The summed E-state index contributed by atoms with van der Waals surface area (Å²) in [6.45, 7) is 1.74. The van der Waals surface area contributed by atoms with Gasteiger partial charge in [-0.25, -0.2) is 4.39 Å². The molecular formula is C10H14FNO2. The number of aliphatic hydroxyl groups excluding tert-OH is 2. The second kappa shape index (κ2) is 4.93. The highest BCUT2D eigenvalue weighted by Crippen LogP contribution is 2.15. The third-order valence-corrected chi connectivity index (χ3v) is 1.93. The van der Waals surface area contributed by atoms with E-state index in [9.17, 15) is 4.39 Å². The van der Waals surface area contributed by atoms with E-state index in [-0.39, 0.29) is 19.0 Å². The first kappa shape index (κ1) is 10.9. The first-order valence-corrected chi connectivity index (χ1v) is 4.42. The van der Waals surface area contributed by atoms with Crippen LogP contribution in [0.4, 0.5) is 10.1 Å². The SMILES string of the molecule is Cc1cc(F)ccc1NCC(O)CO. The fourth-order valence-corrected chi connectivity index (χ4v) is 1.12. The highest BCUT2D eigenvalue weighted by molar-refractivity contribution is 5.50. The van der Waals surface area contributed by atoms with Crippen LogP contribution >= 0.6 is 0 Å². The highest BCUT2D eigenvalue weighted by Gasteiger charge is 2.03. The van der Waals surface area contributed by atoms with Crippen LogP contribution in [0.5, 0.6) is 0 Å². The van der Waals surface area contributed by atoms with Crippen LogP contribution in [0.15, 0.2) is 18.2 Å². The molecule has 1 unspecified atom stereocenters. The molecule has 0 heterocycles. The van der Waals surface area contributed by atoms with Crippen molar-refractivity contribution in [2.45, 2.75) is 13.0 Å². The first-order valence-electron chi connectivity index (χ1n) is 4.42. The summed E-state index contributed by atoms with van der Waals surface area (Å²) in [6, 6.07) is 4.36. The summed E-state index contributed by atoms with van der Waals surface area (Å²) in [5.41, 5.74) is 1.54. The van der Waals surface area contributed by atoms with Crippen molar-refractivity contribution in [3.05, 3.63) is 29.6 Å². The first-order chi connectivity index (χ1) is 6.63. The number of aryl methyl sites for hydroxylation is 1. The maximum atomic E-state index is 12.7. The number of anilines is 1. The Kier molecular flexibility index (Phi) is 3.85. The molecule has 0 aliphatic carbocycles. The van der Waals surface area contributed by atoms with Gasteiger partial charge in [-0.3, -0.25) is 0 Å². The lowest BCUT2D eigenvalue weighted by Gasteiger charge is -2.12. The second-order valence-corrected chi connectivity index (χ2v) is 3.18. The Morgan fingerprint density at radius 1 is 1.50 bits per heavy atom. The third-order valence-electron chi connectivity index (χ3n) is 1.93. The van der Waals surface area contributed by atoms with Crippen LogP contribution in [-0.4, -0.2) is 29.5 Å². The van der Waals surface area contributed by atoms with Crippen molar-refractivity contribution < 1.29 is 14.6 Å². The van der Waals surface area contributed by atoms with Crippen LogP contribution in [-0.2, 0) is 0 Å². The molecule has 78 valence electrons. The molecule has 4 heteroatoms. The monoisotopic (exact) mass is 199 g/mol. The predicted octanol–water partition coefficient (Wildman–Crippen LogP) is 0.899. The molecule has 0 saturated carbocycles. The Morgan fingerprint density at radius 3 is 2.79 bits per heavy atom. The zero-order valence-electron chi connectivity index (χ0n) is 8.00. The number of nitrogens with one attached hydrogen (secondary N) is 1. The molecule has 0 fully saturated rings. The Bertz CT molecular complexity index is 304. The molecule has 0 spiro atoms. The van der Waals surface area contributed by atoms with E-state index in [0.29, 0.717) is 0 Å². The van der Waals surface area contributed by atoms with Crippen LogP contribution in [0.2, 0.25) is 0 Å². The number of hydrogen-bond acceptors (Lipinski definition) is 3. The Labute approximate surface area is 82.2 Å². The van der Waals surface area contributed by atoms with Crippen molar-refractivity contribution in [1.82, 2.24) is 0 Å². The Hall–Kier alpha value is -1.13. The molecule has 0 bridgehead atoms. The number of benzene rings is 1. The lowest BCUT2D eigenvalue weighted by molar-refractivity contribution is 0.105. The van der Waals surface area contributed by atoms with Crippen LogP contribution < -0.4 is 5.32 Å². The number of halogens is 1. The van der Waals surface area contributed by atoms with Crippen molar-refractivity contribution in [3.8, 4) is 0 Å². The van der Waals surface area contributed by atoms with Crippen LogP contribution in [0, 0.1) is 12.7 Å². The van der Waals surface area contributed by atoms with Crippen molar-refractivity contribution in [2.24, 2.45) is 0 Å². The molecule has 3 nitrogen and oxygen atoms in total. The minimum atomic E-state index is -0.792. The van der Waals surface area contributed by atoms with E-state index in [1.165, 1.54) is 12.1 Å². The Morgan fingerprint density at radius 2 is 2.21 bits per heavy atom. The smallest absolute Gasteiger partial charge is 0.123 e. The van der Waals surface area contributed by atoms with Crippen molar-refractivity contribution in [1.29, 1.82) is 0 Å². The summed E-state index contributed by atoms with van der Waals surface area (Å²) < 4.78 is 12.7. The van der Waals surface area contributed by atoms with Crippen molar-refractivity contribution in [3.63, 3.8) is 0 Å². The molecule has 0 aromatic heterocycles. The summed E-state index contributed by atoms with van der Waals surface area (Å²) in [4.78, 5) is 0. The lowest BCUT2D eigenvalue weighted by atomic mass is 10.2. The van der Waals surface area contributed by atoms with Crippen LogP contribution in [0.25, 0.3) is 0 Å². The average Bonchev–Trinajstić information content (AvgIpc) is 2.16. The minimum Gasteiger partial charge on any atom is -0.394 e. The van der Waals surface area contributed by atoms with Gasteiger partial charge in [0.25, 0.3) is 0 Å². The quantitative estimate of drug-likeness (QED) is 0.675. The Balaban J connectivity index is 2.59. The van der Waals surface area contributed by atoms with Gasteiger partial charge in [0.05, 0.1) is 12.7 Å². The molecular weight excluding hydrogens is 185 g/mol. The molecule has 0 amide bonds. The van der Waals surface area contributed by atoms with Crippen LogP contribution in [0.1, 0.15) is 5.56 Å². The van der Waals surface area contributed by atoms with Gasteiger partial charge in [-0.15, -0.1) is 0 Å². The van der Waals surface area contributed by atoms with Crippen molar-refractivity contribution >= 4 is 5.69 Å². The summed E-state index contributed by atoms with van der Waals surface area (Å²) in [7, 11) is 0. The standard InChI is InChI=1S/C10H14FNO2/c1-7-4-8(11)2-3-10(7)12-5-9(14)6-13/h2-4,9,12-14H,5-6H2,1H3. The lowest BCUT2D eigenvalue weighted by Crippen LogP contribution is -2.23. The number of hydrogen-bond donors (Lipinski definition) is 3. The molecule has 0 radical (unpaired) electrons. The van der Waals surface area contributed by atoms with Gasteiger partial charge in [0, 0.05) is 12.2 Å². The maximum absolute atomic E-state index is 12.7. The second-order valence-electron chi connectivity index (χ2n) is 3.18. The molecule has 1 atom stereocenters. The van der Waals surface area contributed by atoms with E-state index in [4.69, 9.17) is 10.2 Å². The van der Waals surface area contributed by atoms with Gasteiger partial charge in [-0.1, -0.05) is 0 Å². The summed E-state index contributed by atoms with van der Waals surface area (Å²) >= 11 is 0. The minimum absolute atomic E-state index is 0.253. The van der Waals surface area contributed by atoms with Crippen LogP contribution in [0.3, 0.4) is 0 Å². The zero-order chi connectivity index (χ0) is 10.6. The third kappa shape index (κ3) is 2.97.